The third-order valence-corrected chi connectivity index (χ3v) is 3.94. The van der Waals surface area contributed by atoms with Crippen molar-refractivity contribution >= 4 is 5.69 Å². The van der Waals surface area contributed by atoms with Gasteiger partial charge in [0.1, 0.15) is 5.75 Å². The Hall–Kier alpha value is -1.18. The van der Waals surface area contributed by atoms with Crippen LogP contribution in [-0.4, -0.2) is 13.2 Å². The van der Waals surface area contributed by atoms with Crippen molar-refractivity contribution in [3.63, 3.8) is 0 Å². The third kappa shape index (κ3) is 4.77. The topological polar surface area (TPSA) is 21.3 Å². The van der Waals surface area contributed by atoms with Crippen molar-refractivity contribution < 1.29 is 4.74 Å². The lowest BCUT2D eigenvalue weighted by molar-refractivity contribution is 0.318. The molecule has 0 unspecified atom stereocenters. The average molecular weight is 261 g/mol. The molecule has 0 bridgehead atoms. The molecule has 0 aliphatic heterocycles. The summed E-state index contributed by atoms with van der Waals surface area (Å²) in [6.45, 7) is 4.00. The van der Waals surface area contributed by atoms with Crippen LogP contribution in [0.1, 0.15) is 51.9 Å². The maximum absolute atomic E-state index is 5.77. The number of benzene rings is 1. The van der Waals surface area contributed by atoms with E-state index < -0.39 is 0 Å². The molecule has 0 heterocycles. The van der Waals surface area contributed by atoms with E-state index in [0.717, 1.165) is 36.9 Å². The Balaban J connectivity index is 1.77. The molecule has 1 aromatic rings. The molecule has 2 heteroatoms. The van der Waals surface area contributed by atoms with Crippen LogP contribution in [0.5, 0.6) is 5.75 Å². The van der Waals surface area contributed by atoms with E-state index >= 15 is 0 Å². The van der Waals surface area contributed by atoms with Gasteiger partial charge in [0.2, 0.25) is 0 Å². The van der Waals surface area contributed by atoms with Crippen molar-refractivity contribution in [2.75, 3.05) is 18.5 Å². The summed E-state index contributed by atoms with van der Waals surface area (Å²) in [5, 5.41) is 3.54. The Morgan fingerprint density at radius 1 is 1.16 bits per heavy atom. The number of rotatable bonds is 7. The summed E-state index contributed by atoms with van der Waals surface area (Å²) in [7, 11) is 0. The van der Waals surface area contributed by atoms with Gasteiger partial charge in [-0.2, -0.15) is 0 Å². The molecular formula is C17H27NO. The number of para-hydroxylation sites is 2. The first-order valence-corrected chi connectivity index (χ1v) is 7.86. The van der Waals surface area contributed by atoms with Crippen LogP contribution in [0.4, 0.5) is 5.69 Å². The monoisotopic (exact) mass is 261 g/mol. The van der Waals surface area contributed by atoms with Gasteiger partial charge in [0.25, 0.3) is 0 Å². The maximum atomic E-state index is 5.77. The lowest BCUT2D eigenvalue weighted by Crippen LogP contribution is -2.12. The summed E-state index contributed by atoms with van der Waals surface area (Å²) in [5.74, 6) is 1.93. The molecule has 1 aromatic carbocycles. The highest BCUT2D eigenvalue weighted by Crippen LogP contribution is 2.27. The Kier molecular flexibility index (Phi) is 6.06. The Morgan fingerprint density at radius 2 is 1.95 bits per heavy atom. The molecule has 1 fully saturated rings. The molecule has 0 saturated heterocycles. The molecule has 2 nitrogen and oxygen atoms in total. The normalized spacial score (nSPS) is 16.3. The molecular weight excluding hydrogens is 234 g/mol. The zero-order chi connectivity index (χ0) is 13.3. The molecule has 1 aliphatic carbocycles. The zero-order valence-corrected chi connectivity index (χ0v) is 12.2. The highest BCUT2D eigenvalue weighted by Gasteiger charge is 2.12. The molecule has 2 rings (SSSR count). The number of anilines is 1. The van der Waals surface area contributed by atoms with Gasteiger partial charge in [0.05, 0.1) is 12.3 Å². The summed E-state index contributed by atoms with van der Waals surface area (Å²) in [4.78, 5) is 0. The predicted molar refractivity (Wildman–Crippen MR) is 81.9 cm³/mol. The highest BCUT2D eigenvalue weighted by atomic mass is 16.5. The fourth-order valence-electron chi connectivity index (χ4n) is 2.84. The lowest BCUT2D eigenvalue weighted by atomic mass is 9.87. The quantitative estimate of drug-likeness (QED) is 0.757. The molecule has 1 aliphatic rings. The fraction of sp³-hybridized carbons (Fsp3) is 0.647. The first-order valence-electron chi connectivity index (χ1n) is 7.86. The molecule has 1 saturated carbocycles. The number of hydrogen-bond acceptors (Lipinski definition) is 2. The molecule has 0 spiro atoms. The largest absolute Gasteiger partial charge is 0.491 e. The molecule has 1 N–H and O–H groups in total. The van der Waals surface area contributed by atoms with Crippen LogP contribution >= 0.6 is 0 Å². The van der Waals surface area contributed by atoms with Crippen LogP contribution in [0.2, 0.25) is 0 Å². The number of hydrogen-bond donors (Lipinski definition) is 1. The minimum atomic E-state index is 0.793. The second kappa shape index (κ2) is 8.08. The van der Waals surface area contributed by atoms with E-state index in [1.54, 1.807) is 0 Å². The van der Waals surface area contributed by atoms with Crippen molar-refractivity contribution in [2.24, 2.45) is 5.92 Å². The fourth-order valence-corrected chi connectivity index (χ4v) is 2.84. The van der Waals surface area contributed by atoms with E-state index in [2.05, 4.69) is 30.4 Å². The van der Waals surface area contributed by atoms with Crippen LogP contribution in [0, 0.1) is 5.92 Å². The van der Waals surface area contributed by atoms with Crippen LogP contribution < -0.4 is 10.1 Å². The Bertz CT molecular complexity index is 358. The van der Waals surface area contributed by atoms with Gasteiger partial charge >= 0.3 is 0 Å². The van der Waals surface area contributed by atoms with E-state index in [0.29, 0.717) is 0 Å². The van der Waals surface area contributed by atoms with Gasteiger partial charge < -0.3 is 10.1 Å². The smallest absolute Gasteiger partial charge is 0.142 e. The van der Waals surface area contributed by atoms with Gasteiger partial charge in [-0.1, -0.05) is 51.2 Å². The van der Waals surface area contributed by atoms with E-state index in [4.69, 9.17) is 4.74 Å². The standard InChI is InChI=1S/C17H27NO/c1-2-14-19-17-11-7-6-10-16(17)18-13-12-15-8-4-3-5-9-15/h6-7,10-11,15,18H,2-5,8-9,12-14H2,1H3. The van der Waals surface area contributed by atoms with Gasteiger partial charge in [-0.05, 0) is 30.9 Å². The number of ether oxygens (including phenoxy) is 1. The SMILES string of the molecule is CCCOc1ccccc1NCCC1CCCCC1. The van der Waals surface area contributed by atoms with Gasteiger partial charge in [-0.15, -0.1) is 0 Å². The predicted octanol–water partition coefficient (Wildman–Crippen LogP) is 4.86. The second-order valence-electron chi connectivity index (χ2n) is 5.56. The first-order chi connectivity index (χ1) is 9.40. The lowest BCUT2D eigenvalue weighted by Gasteiger charge is -2.22. The molecule has 0 aromatic heterocycles. The van der Waals surface area contributed by atoms with Gasteiger partial charge in [-0.3, -0.25) is 0 Å². The zero-order valence-electron chi connectivity index (χ0n) is 12.2. The molecule has 0 radical (unpaired) electrons. The van der Waals surface area contributed by atoms with Crippen molar-refractivity contribution in [1.82, 2.24) is 0 Å². The van der Waals surface area contributed by atoms with E-state index in [9.17, 15) is 0 Å². The van der Waals surface area contributed by atoms with Crippen molar-refractivity contribution in [1.29, 1.82) is 0 Å². The van der Waals surface area contributed by atoms with Crippen LogP contribution in [0.25, 0.3) is 0 Å². The van der Waals surface area contributed by atoms with Crippen molar-refractivity contribution in [3.05, 3.63) is 24.3 Å². The van der Waals surface area contributed by atoms with Crippen LogP contribution in [-0.2, 0) is 0 Å². The summed E-state index contributed by atoms with van der Waals surface area (Å²) in [6.07, 6.45) is 9.50. The molecule has 19 heavy (non-hydrogen) atoms. The summed E-state index contributed by atoms with van der Waals surface area (Å²) in [6, 6.07) is 8.28. The summed E-state index contributed by atoms with van der Waals surface area (Å²) in [5.41, 5.74) is 1.15. The van der Waals surface area contributed by atoms with E-state index in [-0.39, 0.29) is 0 Å². The summed E-state index contributed by atoms with van der Waals surface area (Å²) < 4.78 is 5.77. The molecule has 106 valence electrons. The van der Waals surface area contributed by atoms with Gasteiger partial charge in [0.15, 0.2) is 0 Å². The average Bonchev–Trinajstić information content (AvgIpc) is 2.47. The van der Waals surface area contributed by atoms with E-state index in [1.165, 1.54) is 38.5 Å². The Morgan fingerprint density at radius 3 is 2.74 bits per heavy atom. The second-order valence-corrected chi connectivity index (χ2v) is 5.56. The minimum Gasteiger partial charge on any atom is -0.491 e. The van der Waals surface area contributed by atoms with Crippen molar-refractivity contribution in [3.8, 4) is 5.75 Å². The van der Waals surface area contributed by atoms with Crippen LogP contribution in [0.3, 0.4) is 0 Å². The summed E-state index contributed by atoms with van der Waals surface area (Å²) >= 11 is 0. The number of nitrogens with one attached hydrogen (secondary N) is 1. The van der Waals surface area contributed by atoms with Gasteiger partial charge in [0, 0.05) is 6.54 Å². The first kappa shape index (κ1) is 14.2. The highest BCUT2D eigenvalue weighted by molar-refractivity contribution is 5.56. The minimum absolute atomic E-state index is 0.793. The molecule has 0 amide bonds. The van der Waals surface area contributed by atoms with Gasteiger partial charge in [-0.25, -0.2) is 0 Å². The maximum Gasteiger partial charge on any atom is 0.142 e. The third-order valence-electron chi connectivity index (χ3n) is 3.94. The van der Waals surface area contributed by atoms with Crippen LogP contribution in [0.15, 0.2) is 24.3 Å². The Labute approximate surface area is 117 Å². The van der Waals surface area contributed by atoms with E-state index in [1.807, 2.05) is 6.07 Å². The molecule has 0 atom stereocenters. The van der Waals surface area contributed by atoms with Crippen molar-refractivity contribution in [2.45, 2.75) is 51.9 Å².